The summed E-state index contributed by atoms with van der Waals surface area (Å²) in [5, 5.41) is 3.05. The van der Waals surface area contributed by atoms with Crippen LogP contribution in [-0.2, 0) is 27.9 Å². The van der Waals surface area contributed by atoms with Crippen LogP contribution in [0.15, 0.2) is 97.2 Å². The van der Waals surface area contributed by atoms with Gasteiger partial charge in [0.1, 0.15) is 19.3 Å². The molecule has 9 nitrogen and oxygen atoms in total. The molecule has 0 saturated carbocycles. The number of likely N-dealkylation sites (N-methyl/N-ethyl adjacent to an activating group) is 1. The summed E-state index contributed by atoms with van der Waals surface area (Å²) in [6, 6.07) is -0.864. The second-order valence-electron chi connectivity index (χ2n) is 23.3. The van der Waals surface area contributed by atoms with Crippen LogP contribution in [0.3, 0.4) is 0 Å². The quantitative estimate of drug-likeness (QED) is 0.0205. The number of phosphoric acid groups is 1. The van der Waals surface area contributed by atoms with Crippen molar-refractivity contribution in [3.05, 3.63) is 97.2 Å². The molecule has 1 amide bonds. The SMILES string of the molecule is CC/C=C\C/C=C\C/C=C\C/C=C\C/C=C\C/C=C\CCCCCCCCCCC(=O)NC(COP(=O)(O)OCC[N+](C)(C)C)C(/C=C\CCCCCCCCCCCCC)OC(=O)CCCCC/C=C\CCCCCCCCC. The van der Waals surface area contributed by atoms with Crippen molar-refractivity contribution in [2.75, 3.05) is 40.9 Å². The molecule has 0 radical (unpaired) electrons. The van der Waals surface area contributed by atoms with Gasteiger partial charge in [-0.05, 0) is 109 Å². The highest BCUT2D eigenvalue weighted by molar-refractivity contribution is 7.47. The number of phosphoric ester groups is 1. The van der Waals surface area contributed by atoms with Crippen LogP contribution in [0.25, 0.3) is 0 Å². The maximum absolute atomic E-state index is 13.6. The normalized spacial score (nSPS) is 14.2. The molecule has 0 aromatic rings. The first-order valence-electron chi connectivity index (χ1n) is 33.1. The highest BCUT2D eigenvalue weighted by Crippen LogP contribution is 2.43. The van der Waals surface area contributed by atoms with Crippen molar-refractivity contribution in [3.63, 3.8) is 0 Å². The van der Waals surface area contributed by atoms with Gasteiger partial charge in [-0.1, -0.05) is 260 Å². The van der Waals surface area contributed by atoms with E-state index in [0.29, 0.717) is 23.9 Å². The number of ether oxygens (including phenoxy) is 1. The number of esters is 1. The van der Waals surface area contributed by atoms with Gasteiger partial charge >= 0.3 is 13.8 Å². The lowest BCUT2D eigenvalue weighted by Gasteiger charge is -2.27. The molecule has 3 atom stereocenters. The van der Waals surface area contributed by atoms with E-state index in [1.54, 1.807) is 0 Å². The summed E-state index contributed by atoms with van der Waals surface area (Å²) >= 11 is 0. The second-order valence-corrected chi connectivity index (χ2v) is 24.7. The second kappa shape index (κ2) is 59.1. The zero-order chi connectivity index (χ0) is 58.6. The molecule has 80 heavy (non-hydrogen) atoms. The monoisotopic (exact) mass is 1140 g/mol. The lowest BCUT2D eigenvalue weighted by molar-refractivity contribution is -0.870. The van der Waals surface area contributed by atoms with Crippen molar-refractivity contribution in [2.45, 2.75) is 296 Å². The minimum atomic E-state index is -4.46. The number of carbonyl (C=O) groups is 2. The van der Waals surface area contributed by atoms with E-state index in [-0.39, 0.29) is 31.5 Å². The Morgan fingerprint density at radius 3 is 1.23 bits per heavy atom. The predicted molar refractivity (Wildman–Crippen MR) is 346 cm³/mol. The Balaban J connectivity index is 5.16. The standard InChI is InChI=1S/C70H125N2O7P/c1-7-10-13-16-19-22-25-28-30-31-32-33-34-35-36-37-38-39-40-41-42-44-47-50-53-56-59-62-69(73)71-67(66-78-80(75,76)77-65-64-72(4,5)6)68(61-58-55-52-49-46-43-27-24-21-18-15-12-9-3)79-70(74)63-60-57-54-51-48-45-29-26-23-20-17-14-11-8-2/h10,13,19,22,28,30,32-33,35-36,38-39,45,48,58,61,67-68H,7-9,11-12,14-18,20-21,23-27,29,31,34,37,40-44,46-47,49-57,59-60,62-66H2,1-6H3,(H-,71,73,75,76)/p+1/b13-10-,22-19-,30-28-,33-32-,36-35-,39-38-,48-45-,61-58-. The number of quaternary nitrogens is 1. The van der Waals surface area contributed by atoms with Crippen molar-refractivity contribution >= 4 is 19.7 Å². The molecule has 0 rings (SSSR count). The largest absolute Gasteiger partial charge is 0.472 e. The first kappa shape index (κ1) is 76.9. The summed E-state index contributed by atoms with van der Waals surface area (Å²) < 4.78 is 30.7. The Morgan fingerprint density at radius 1 is 0.450 bits per heavy atom. The maximum Gasteiger partial charge on any atom is 0.472 e. The molecule has 0 aliphatic heterocycles. The molecule has 2 N–H and O–H groups in total. The average molecular weight is 1140 g/mol. The highest BCUT2D eigenvalue weighted by atomic mass is 31.2. The van der Waals surface area contributed by atoms with E-state index in [1.165, 1.54) is 128 Å². The van der Waals surface area contributed by atoms with E-state index in [4.69, 9.17) is 13.8 Å². The van der Waals surface area contributed by atoms with Crippen LogP contribution in [0.5, 0.6) is 0 Å². The third-order valence-electron chi connectivity index (χ3n) is 14.3. The van der Waals surface area contributed by atoms with E-state index in [0.717, 1.165) is 116 Å². The number of nitrogens with zero attached hydrogens (tertiary/aromatic N) is 1. The van der Waals surface area contributed by atoms with Crippen molar-refractivity contribution in [2.24, 2.45) is 0 Å². The molecule has 0 bridgehead atoms. The van der Waals surface area contributed by atoms with Crippen LogP contribution in [0.2, 0.25) is 0 Å². The number of nitrogens with one attached hydrogen (secondary N) is 1. The summed E-state index contributed by atoms with van der Waals surface area (Å²) in [5.41, 5.74) is 0. The lowest BCUT2D eigenvalue weighted by Crippen LogP contribution is -2.47. The molecule has 3 unspecified atom stereocenters. The molecule has 10 heteroatoms. The first-order valence-corrected chi connectivity index (χ1v) is 34.6. The summed E-state index contributed by atoms with van der Waals surface area (Å²) in [6.07, 6.45) is 79.8. The first-order chi connectivity index (χ1) is 38.9. The molecule has 0 aliphatic carbocycles. The number of carbonyl (C=O) groups excluding carboxylic acids is 2. The van der Waals surface area contributed by atoms with Gasteiger partial charge in [0.2, 0.25) is 5.91 Å². The number of hydrogen-bond acceptors (Lipinski definition) is 6. The number of rotatable bonds is 59. The Kier molecular flexibility index (Phi) is 56.8. The minimum Gasteiger partial charge on any atom is -0.456 e. The number of hydrogen-bond donors (Lipinski definition) is 2. The van der Waals surface area contributed by atoms with Gasteiger partial charge in [-0.25, -0.2) is 4.57 Å². The zero-order valence-electron chi connectivity index (χ0n) is 52.8. The van der Waals surface area contributed by atoms with Gasteiger partial charge in [0.25, 0.3) is 0 Å². The van der Waals surface area contributed by atoms with Gasteiger partial charge < -0.3 is 19.4 Å². The van der Waals surface area contributed by atoms with Crippen LogP contribution >= 0.6 is 7.82 Å². The summed E-state index contributed by atoms with van der Waals surface area (Å²) in [7, 11) is 1.48. The summed E-state index contributed by atoms with van der Waals surface area (Å²) in [6.45, 7) is 6.89. The molecule has 0 heterocycles. The average Bonchev–Trinajstić information content (AvgIpc) is 3.42. The molecule has 462 valence electrons. The van der Waals surface area contributed by atoms with E-state index in [9.17, 15) is 19.0 Å². The van der Waals surface area contributed by atoms with Crippen molar-refractivity contribution in [3.8, 4) is 0 Å². The zero-order valence-corrected chi connectivity index (χ0v) is 53.7. The fourth-order valence-corrected chi connectivity index (χ4v) is 9.91. The number of amides is 1. The molecule has 0 fully saturated rings. The molecule has 0 spiro atoms. The van der Waals surface area contributed by atoms with Crippen LogP contribution in [0, 0.1) is 0 Å². The molecule has 0 saturated heterocycles. The Hall–Kier alpha value is -3.07. The Bertz CT molecular complexity index is 1690. The Labute approximate surface area is 494 Å². The third-order valence-corrected chi connectivity index (χ3v) is 15.2. The van der Waals surface area contributed by atoms with E-state index >= 15 is 0 Å². The Morgan fingerprint density at radius 2 is 0.800 bits per heavy atom. The number of allylic oxidation sites excluding steroid dienone is 15. The summed E-state index contributed by atoms with van der Waals surface area (Å²) in [4.78, 5) is 37.8. The fraction of sp³-hybridized carbons (Fsp3) is 0.743. The van der Waals surface area contributed by atoms with Crippen LogP contribution in [0.1, 0.15) is 284 Å². The molecule has 0 aliphatic rings. The van der Waals surface area contributed by atoms with Gasteiger partial charge in [0.15, 0.2) is 0 Å². The topological polar surface area (TPSA) is 111 Å². The van der Waals surface area contributed by atoms with Crippen LogP contribution in [0.4, 0.5) is 0 Å². The maximum atomic E-state index is 13.6. The third kappa shape index (κ3) is 59.5. The predicted octanol–water partition coefficient (Wildman–Crippen LogP) is 20.7. The smallest absolute Gasteiger partial charge is 0.456 e. The van der Waals surface area contributed by atoms with Gasteiger partial charge in [-0.2, -0.15) is 0 Å². The molecular weight excluding hydrogens is 1010 g/mol. The number of unbranched alkanes of at least 4 members (excludes halogenated alkanes) is 29. The highest BCUT2D eigenvalue weighted by Gasteiger charge is 2.30. The molecular formula is C70H126N2O7P+. The van der Waals surface area contributed by atoms with Crippen LogP contribution < -0.4 is 5.32 Å². The van der Waals surface area contributed by atoms with Crippen molar-refractivity contribution in [1.29, 1.82) is 0 Å². The van der Waals surface area contributed by atoms with Gasteiger partial charge in [0, 0.05) is 12.8 Å². The molecule has 0 aromatic heterocycles. The fourth-order valence-electron chi connectivity index (χ4n) is 9.17. The van der Waals surface area contributed by atoms with Gasteiger partial charge in [0.05, 0.1) is 33.8 Å². The van der Waals surface area contributed by atoms with Gasteiger partial charge in [-0.15, -0.1) is 0 Å². The molecule has 0 aromatic carbocycles. The van der Waals surface area contributed by atoms with E-state index in [1.807, 2.05) is 33.3 Å². The minimum absolute atomic E-state index is 0.0326. The van der Waals surface area contributed by atoms with E-state index < -0.39 is 20.0 Å². The van der Waals surface area contributed by atoms with Gasteiger partial charge in [-0.3, -0.25) is 18.6 Å². The van der Waals surface area contributed by atoms with Crippen LogP contribution in [-0.4, -0.2) is 74.3 Å². The van der Waals surface area contributed by atoms with Crippen molar-refractivity contribution in [1.82, 2.24) is 5.32 Å². The van der Waals surface area contributed by atoms with Crippen molar-refractivity contribution < 1.29 is 37.3 Å². The van der Waals surface area contributed by atoms with E-state index in [2.05, 4.69) is 111 Å². The lowest BCUT2D eigenvalue weighted by atomic mass is 10.0. The summed E-state index contributed by atoms with van der Waals surface area (Å²) in [5.74, 6) is -0.533.